The third kappa shape index (κ3) is 1.34. The van der Waals surface area contributed by atoms with Gasteiger partial charge in [0.1, 0.15) is 5.82 Å². The van der Waals surface area contributed by atoms with Gasteiger partial charge in [-0.2, -0.15) is 0 Å². The lowest BCUT2D eigenvalue weighted by atomic mass is 9.96. The van der Waals surface area contributed by atoms with Gasteiger partial charge in [0.2, 0.25) is 0 Å². The van der Waals surface area contributed by atoms with Crippen molar-refractivity contribution in [2.45, 2.75) is 37.8 Å². The molecule has 86 valence electrons. The molecular formula is C13H17FN2. The molecule has 0 radical (unpaired) electrons. The minimum atomic E-state index is -0.0830. The fraction of sp³-hybridized carbons (Fsp3) is 0.538. The number of piperidine rings is 1. The van der Waals surface area contributed by atoms with Crippen LogP contribution >= 0.6 is 0 Å². The lowest BCUT2D eigenvalue weighted by Crippen LogP contribution is -2.48. The lowest BCUT2D eigenvalue weighted by Gasteiger charge is -2.39. The van der Waals surface area contributed by atoms with Crippen LogP contribution < -0.4 is 10.6 Å². The average molecular weight is 220 g/mol. The zero-order chi connectivity index (χ0) is 11.1. The number of nitrogens with zero attached hydrogens (tertiary/aromatic N) is 1. The summed E-state index contributed by atoms with van der Waals surface area (Å²) in [4.78, 5) is 2.24. The van der Waals surface area contributed by atoms with Crippen LogP contribution in [0, 0.1) is 5.82 Å². The minimum absolute atomic E-state index is 0.0830. The molecule has 2 atom stereocenters. The Labute approximate surface area is 95.2 Å². The number of anilines is 1. The van der Waals surface area contributed by atoms with Crippen molar-refractivity contribution in [3.8, 4) is 0 Å². The molecule has 2 nitrogen and oxygen atoms in total. The fourth-order valence-corrected chi connectivity index (χ4v) is 3.23. The number of rotatable bonds is 1. The summed E-state index contributed by atoms with van der Waals surface area (Å²) in [5.41, 5.74) is 7.78. The topological polar surface area (TPSA) is 29.3 Å². The standard InChI is InChI=1S/C13H17FN2/c14-12-6-1-3-9-7-10-4-2-5-11(8-15)16(10)13(9)12/h1,3,6,10-11H,2,4-5,7-8,15H2. The second-order valence-electron chi connectivity index (χ2n) is 4.83. The summed E-state index contributed by atoms with van der Waals surface area (Å²) < 4.78 is 13.9. The summed E-state index contributed by atoms with van der Waals surface area (Å²) in [5, 5.41) is 0. The number of nitrogens with two attached hydrogens (primary N) is 1. The van der Waals surface area contributed by atoms with Gasteiger partial charge in [0.25, 0.3) is 0 Å². The number of benzene rings is 1. The predicted molar refractivity (Wildman–Crippen MR) is 63.1 cm³/mol. The Morgan fingerprint density at radius 2 is 2.25 bits per heavy atom. The van der Waals surface area contributed by atoms with Crippen LogP contribution in [0.4, 0.5) is 10.1 Å². The summed E-state index contributed by atoms with van der Waals surface area (Å²) >= 11 is 0. The Morgan fingerprint density at radius 1 is 1.38 bits per heavy atom. The number of fused-ring (bicyclic) bond motifs is 3. The van der Waals surface area contributed by atoms with Gasteiger partial charge in [0.15, 0.2) is 0 Å². The highest BCUT2D eigenvalue weighted by atomic mass is 19.1. The minimum Gasteiger partial charge on any atom is -0.361 e. The monoisotopic (exact) mass is 220 g/mol. The zero-order valence-corrected chi connectivity index (χ0v) is 9.32. The summed E-state index contributed by atoms with van der Waals surface area (Å²) in [7, 11) is 0. The molecule has 16 heavy (non-hydrogen) atoms. The Kier molecular flexibility index (Phi) is 2.36. The highest BCUT2D eigenvalue weighted by Gasteiger charge is 2.37. The number of hydrogen-bond donors (Lipinski definition) is 1. The van der Waals surface area contributed by atoms with Crippen molar-refractivity contribution in [1.29, 1.82) is 0 Å². The normalized spacial score (nSPS) is 27.8. The molecule has 0 aliphatic carbocycles. The van der Waals surface area contributed by atoms with Crippen molar-refractivity contribution < 1.29 is 4.39 Å². The molecule has 2 N–H and O–H groups in total. The fourth-order valence-electron chi connectivity index (χ4n) is 3.23. The lowest BCUT2D eigenvalue weighted by molar-refractivity contribution is 0.395. The maximum Gasteiger partial charge on any atom is 0.146 e. The number of para-hydroxylation sites is 1. The van der Waals surface area contributed by atoms with Gasteiger partial charge >= 0.3 is 0 Å². The molecule has 2 heterocycles. The molecule has 1 aromatic carbocycles. The quantitative estimate of drug-likeness (QED) is 0.785. The van der Waals surface area contributed by atoms with Crippen molar-refractivity contribution in [1.82, 2.24) is 0 Å². The molecule has 0 amide bonds. The van der Waals surface area contributed by atoms with Gasteiger partial charge in [0, 0.05) is 18.6 Å². The van der Waals surface area contributed by atoms with Crippen LogP contribution in [0.25, 0.3) is 0 Å². The van der Waals surface area contributed by atoms with Crippen molar-refractivity contribution in [3.63, 3.8) is 0 Å². The number of halogens is 1. The van der Waals surface area contributed by atoms with Crippen LogP contribution in [0.5, 0.6) is 0 Å². The summed E-state index contributed by atoms with van der Waals surface area (Å²) in [6.07, 6.45) is 4.48. The smallest absolute Gasteiger partial charge is 0.146 e. The van der Waals surface area contributed by atoms with E-state index in [0.717, 1.165) is 24.1 Å². The third-order valence-corrected chi connectivity index (χ3v) is 3.92. The molecule has 3 heteroatoms. The van der Waals surface area contributed by atoms with Gasteiger partial charge in [0.05, 0.1) is 5.69 Å². The maximum atomic E-state index is 13.9. The summed E-state index contributed by atoms with van der Waals surface area (Å²) in [6.45, 7) is 0.629. The molecule has 0 bridgehead atoms. The van der Waals surface area contributed by atoms with Crippen LogP contribution in [-0.2, 0) is 6.42 Å². The first-order valence-electron chi connectivity index (χ1n) is 6.07. The van der Waals surface area contributed by atoms with E-state index in [2.05, 4.69) is 4.90 Å². The van der Waals surface area contributed by atoms with Gasteiger partial charge < -0.3 is 10.6 Å². The van der Waals surface area contributed by atoms with E-state index in [0.29, 0.717) is 18.6 Å². The second kappa shape index (κ2) is 3.74. The molecule has 1 saturated heterocycles. The second-order valence-corrected chi connectivity index (χ2v) is 4.83. The molecular weight excluding hydrogens is 203 g/mol. The Bertz CT molecular complexity index is 399. The molecule has 3 rings (SSSR count). The van der Waals surface area contributed by atoms with Gasteiger partial charge in [-0.05, 0) is 37.3 Å². The molecule has 0 spiro atoms. The Morgan fingerprint density at radius 3 is 3.06 bits per heavy atom. The van der Waals surface area contributed by atoms with Crippen LogP contribution in [0.2, 0.25) is 0 Å². The highest BCUT2D eigenvalue weighted by Crippen LogP contribution is 2.40. The van der Waals surface area contributed by atoms with Gasteiger partial charge in [-0.1, -0.05) is 12.1 Å². The van der Waals surface area contributed by atoms with E-state index in [9.17, 15) is 4.39 Å². The number of hydrogen-bond acceptors (Lipinski definition) is 2. The van der Waals surface area contributed by atoms with Crippen LogP contribution in [-0.4, -0.2) is 18.6 Å². The van der Waals surface area contributed by atoms with Crippen LogP contribution in [0.15, 0.2) is 18.2 Å². The van der Waals surface area contributed by atoms with E-state index in [4.69, 9.17) is 5.73 Å². The SMILES string of the molecule is NCC1CCCC2Cc3cccc(F)c3N12. The maximum absolute atomic E-state index is 13.9. The highest BCUT2D eigenvalue weighted by molar-refractivity contribution is 5.61. The molecule has 2 aliphatic rings. The van der Waals surface area contributed by atoms with E-state index in [1.807, 2.05) is 12.1 Å². The third-order valence-electron chi connectivity index (χ3n) is 3.92. The van der Waals surface area contributed by atoms with Crippen LogP contribution in [0.3, 0.4) is 0 Å². The van der Waals surface area contributed by atoms with Gasteiger partial charge in [-0.3, -0.25) is 0 Å². The first-order chi connectivity index (χ1) is 7.81. The molecule has 2 unspecified atom stereocenters. The Hall–Kier alpha value is -1.09. The van der Waals surface area contributed by atoms with E-state index in [1.54, 1.807) is 6.07 Å². The average Bonchev–Trinajstić information content (AvgIpc) is 2.68. The molecule has 1 aromatic rings. The molecule has 2 aliphatic heterocycles. The van der Waals surface area contributed by atoms with Crippen molar-refractivity contribution in [3.05, 3.63) is 29.6 Å². The van der Waals surface area contributed by atoms with E-state index in [1.165, 1.54) is 12.8 Å². The Balaban J connectivity index is 2.05. The van der Waals surface area contributed by atoms with E-state index >= 15 is 0 Å². The van der Waals surface area contributed by atoms with Gasteiger partial charge in [-0.15, -0.1) is 0 Å². The summed E-state index contributed by atoms with van der Waals surface area (Å²) in [6, 6.07) is 6.23. The van der Waals surface area contributed by atoms with Crippen molar-refractivity contribution in [2.75, 3.05) is 11.4 Å². The largest absolute Gasteiger partial charge is 0.361 e. The van der Waals surface area contributed by atoms with Crippen molar-refractivity contribution in [2.24, 2.45) is 5.73 Å². The van der Waals surface area contributed by atoms with E-state index < -0.39 is 0 Å². The first-order valence-corrected chi connectivity index (χ1v) is 6.07. The van der Waals surface area contributed by atoms with Crippen molar-refractivity contribution >= 4 is 5.69 Å². The molecule has 1 fully saturated rings. The van der Waals surface area contributed by atoms with E-state index in [-0.39, 0.29) is 5.82 Å². The predicted octanol–water partition coefficient (Wildman–Crippen LogP) is 2.07. The molecule has 0 saturated carbocycles. The first kappa shape index (κ1) is 10.1. The summed E-state index contributed by atoms with van der Waals surface area (Å²) in [5.74, 6) is -0.0830. The van der Waals surface area contributed by atoms with Crippen LogP contribution in [0.1, 0.15) is 24.8 Å². The van der Waals surface area contributed by atoms with Gasteiger partial charge in [-0.25, -0.2) is 4.39 Å². The zero-order valence-electron chi connectivity index (χ0n) is 9.32. The molecule has 0 aromatic heterocycles.